The maximum atomic E-state index is 13.7. The molecule has 1 unspecified atom stereocenters. The molecular formula is C32H32N4O2S2. The summed E-state index contributed by atoms with van der Waals surface area (Å²) >= 11 is 6.92. The van der Waals surface area contributed by atoms with Crippen LogP contribution in [0, 0.1) is 24.2 Å². The Morgan fingerprint density at radius 3 is 2.33 bits per heavy atom. The molecule has 0 N–H and O–H groups in total. The van der Waals surface area contributed by atoms with Gasteiger partial charge in [0.2, 0.25) is 0 Å². The van der Waals surface area contributed by atoms with Crippen LogP contribution in [0.2, 0.25) is 0 Å². The lowest BCUT2D eigenvalue weighted by Gasteiger charge is -2.36. The molecule has 1 atom stereocenters. The summed E-state index contributed by atoms with van der Waals surface area (Å²) in [6.07, 6.45) is 4.86. The molecular weight excluding hydrogens is 537 g/mol. The molecule has 2 aromatic carbocycles. The minimum atomic E-state index is -0.316. The number of anilines is 1. The van der Waals surface area contributed by atoms with Crippen LogP contribution >= 0.6 is 24.0 Å². The third-order valence-corrected chi connectivity index (χ3v) is 9.35. The fourth-order valence-electron chi connectivity index (χ4n) is 5.72. The smallest absolute Gasteiger partial charge is 0.270 e. The maximum absolute atomic E-state index is 13.7. The number of aromatic nitrogens is 1. The van der Waals surface area contributed by atoms with Gasteiger partial charge in [-0.3, -0.25) is 19.1 Å². The molecule has 0 bridgehead atoms. The van der Waals surface area contributed by atoms with Gasteiger partial charge in [0.1, 0.15) is 21.8 Å². The minimum Gasteiger partial charge on any atom is -0.357 e. The van der Waals surface area contributed by atoms with Gasteiger partial charge in [-0.1, -0.05) is 84.6 Å². The number of hydrogen-bond acceptors (Lipinski definition) is 6. The lowest BCUT2D eigenvalue weighted by atomic mass is 9.90. The van der Waals surface area contributed by atoms with Crippen LogP contribution in [0.15, 0.2) is 70.4 Å². The lowest BCUT2D eigenvalue weighted by molar-refractivity contribution is -0.123. The van der Waals surface area contributed by atoms with Crippen LogP contribution in [0.3, 0.4) is 0 Å². The van der Waals surface area contributed by atoms with Gasteiger partial charge in [-0.25, -0.2) is 0 Å². The van der Waals surface area contributed by atoms with E-state index in [0.717, 1.165) is 49.3 Å². The van der Waals surface area contributed by atoms with E-state index in [9.17, 15) is 14.9 Å². The molecule has 0 radical (unpaired) electrons. The van der Waals surface area contributed by atoms with Crippen molar-refractivity contribution in [2.24, 2.45) is 13.0 Å². The summed E-state index contributed by atoms with van der Waals surface area (Å²) in [7, 11) is 1.72. The Kier molecular flexibility index (Phi) is 8.24. The van der Waals surface area contributed by atoms with E-state index in [4.69, 9.17) is 12.2 Å². The zero-order valence-corrected chi connectivity index (χ0v) is 24.6. The first-order chi connectivity index (χ1) is 19.3. The number of nitrogens with zero attached hydrogens (tertiary/aromatic N) is 4. The summed E-state index contributed by atoms with van der Waals surface area (Å²) < 4.78 is 2.07. The second kappa shape index (κ2) is 11.8. The largest absolute Gasteiger partial charge is 0.357 e. The number of hydrogen-bond donors (Lipinski definition) is 0. The van der Waals surface area contributed by atoms with Crippen LogP contribution in [0.5, 0.6) is 0 Å². The summed E-state index contributed by atoms with van der Waals surface area (Å²) in [5.74, 6) is 1.15. The number of pyridine rings is 1. The van der Waals surface area contributed by atoms with Crippen LogP contribution in [0.25, 0.3) is 6.08 Å². The van der Waals surface area contributed by atoms with E-state index in [1.165, 1.54) is 17.3 Å². The minimum absolute atomic E-state index is 0.101. The number of carbonyl (C=O) groups excluding carboxylic acids is 1. The molecule has 1 amide bonds. The molecule has 0 spiro atoms. The molecule has 6 nitrogen and oxygen atoms in total. The number of rotatable bonds is 6. The molecule has 2 aliphatic heterocycles. The molecule has 1 aromatic heterocycles. The Morgan fingerprint density at radius 2 is 1.70 bits per heavy atom. The predicted octanol–water partition coefficient (Wildman–Crippen LogP) is 5.99. The van der Waals surface area contributed by atoms with E-state index in [-0.39, 0.29) is 23.1 Å². The van der Waals surface area contributed by atoms with Gasteiger partial charge in [0.15, 0.2) is 0 Å². The molecule has 2 saturated heterocycles. The van der Waals surface area contributed by atoms with Crippen LogP contribution < -0.4 is 10.5 Å². The number of benzene rings is 2. The highest BCUT2D eigenvalue weighted by atomic mass is 32.2. The van der Waals surface area contributed by atoms with Gasteiger partial charge in [0.05, 0.1) is 10.9 Å². The van der Waals surface area contributed by atoms with Crippen LogP contribution in [-0.4, -0.2) is 32.8 Å². The average Bonchev–Trinajstić information content (AvgIpc) is 3.25. The summed E-state index contributed by atoms with van der Waals surface area (Å²) in [5, 5.41) is 9.82. The van der Waals surface area contributed by atoms with E-state index in [1.807, 2.05) is 49.4 Å². The van der Waals surface area contributed by atoms with E-state index < -0.39 is 0 Å². The van der Waals surface area contributed by atoms with Gasteiger partial charge in [0.25, 0.3) is 11.5 Å². The van der Waals surface area contributed by atoms with Crippen molar-refractivity contribution in [2.75, 3.05) is 18.0 Å². The summed E-state index contributed by atoms with van der Waals surface area (Å²) in [6.45, 7) is 5.36. The number of amides is 1. The quantitative estimate of drug-likeness (QED) is 0.269. The Bertz CT molecular complexity index is 1570. The first-order valence-electron chi connectivity index (χ1n) is 13.5. The van der Waals surface area contributed by atoms with E-state index in [1.54, 1.807) is 23.4 Å². The normalized spacial score (nSPS) is 17.9. The molecule has 2 fully saturated rings. The SMILES string of the molecule is Cc1c(/C=C2/SC(=S)N(C(C)c3ccccc3)C2=O)c(N2CCC(Cc3ccccc3)CC2)n(C)c(=O)c1C#N. The Balaban J connectivity index is 1.47. The van der Waals surface area contributed by atoms with Crippen LogP contribution in [0.1, 0.15) is 53.6 Å². The molecule has 3 heterocycles. The zero-order chi connectivity index (χ0) is 28.4. The maximum Gasteiger partial charge on any atom is 0.270 e. The van der Waals surface area contributed by atoms with Gasteiger partial charge in [-0.2, -0.15) is 5.26 Å². The molecule has 5 rings (SSSR count). The van der Waals surface area contributed by atoms with Crippen molar-refractivity contribution in [1.82, 2.24) is 9.47 Å². The highest BCUT2D eigenvalue weighted by molar-refractivity contribution is 8.26. The standard InChI is InChI=1S/C32H32N4O2S2/c1-21-26(19-28-31(38)36(32(39)40-28)22(2)25-12-8-5-9-13-25)29(34(3)30(37)27(21)20-33)35-16-14-24(15-17-35)18-23-10-6-4-7-11-23/h4-13,19,22,24H,14-18H2,1-3H3/b28-19+. The first kappa shape index (κ1) is 27.9. The van der Waals surface area contributed by atoms with Crippen LogP contribution in [-0.2, 0) is 18.3 Å². The Hall–Kier alpha value is -3.67. The summed E-state index contributed by atoms with van der Waals surface area (Å²) in [6, 6.07) is 22.3. The highest BCUT2D eigenvalue weighted by Gasteiger charge is 2.37. The highest BCUT2D eigenvalue weighted by Crippen LogP contribution is 2.40. The number of nitriles is 1. The molecule has 0 saturated carbocycles. The zero-order valence-electron chi connectivity index (χ0n) is 23.0. The van der Waals surface area contributed by atoms with E-state index in [0.29, 0.717) is 20.7 Å². The summed E-state index contributed by atoms with van der Waals surface area (Å²) in [4.78, 5) is 31.2. The van der Waals surface area contributed by atoms with Gasteiger partial charge in [0, 0.05) is 25.7 Å². The first-order valence-corrected chi connectivity index (χ1v) is 14.8. The Labute approximate surface area is 244 Å². The van der Waals surface area contributed by atoms with Gasteiger partial charge in [-0.15, -0.1) is 0 Å². The van der Waals surface area contributed by atoms with Crippen molar-refractivity contribution in [3.8, 4) is 6.07 Å². The van der Waals surface area contributed by atoms with Crippen LogP contribution in [0.4, 0.5) is 5.82 Å². The van der Waals surface area contributed by atoms with Crippen molar-refractivity contribution in [3.63, 3.8) is 0 Å². The third kappa shape index (κ3) is 5.36. The number of carbonyl (C=O) groups is 1. The molecule has 3 aromatic rings. The van der Waals surface area contributed by atoms with Crippen molar-refractivity contribution < 1.29 is 4.79 Å². The number of piperidine rings is 1. The second-order valence-corrected chi connectivity index (χ2v) is 12.1. The van der Waals surface area contributed by atoms with Crippen molar-refractivity contribution in [3.05, 3.63) is 104 Å². The second-order valence-electron chi connectivity index (χ2n) is 10.5. The average molecular weight is 569 g/mol. The van der Waals surface area contributed by atoms with E-state index in [2.05, 4.69) is 35.2 Å². The molecule has 40 heavy (non-hydrogen) atoms. The predicted molar refractivity (Wildman–Crippen MR) is 166 cm³/mol. The topological polar surface area (TPSA) is 69.3 Å². The molecule has 2 aliphatic rings. The fourth-order valence-corrected chi connectivity index (χ4v) is 7.12. The number of thioether (sulfide) groups is 1. The molecule has 8 heteroatoms. The fraction of sp³-hybridized carbons (Fsp3) is 0.312. The van der Waals surface area contributed by atoms with Gasteiger partial charge < -0.3 is 4.90 Å². The van der Waals surface area contributed by atoms with Gasteiger partial charge in [-0.05, 0) is 61.8 Å². The van der Waals surface area contributed by atoms with Crippen molar-refractivity contribution >= 4 is 46.1 Å². The van der Waals surface area contributed by atoms with Gasteiger partial charge >= 0.3 is 0 Å². The number of thiocarbonyl (C=S) groups is 1. The van der Waals surface area contributed by atoms with Crippen molar-refractivity contribution in [1.29, 1.82) is 5.26 Å². The van der Waals surface area contributed by atoms with E-state index >= 15 is 0 Å². The monoisotopic (exact) mass is 568 g/mol. The molecule has 204 valence electrons. The third-order valence-electron chi connectivity index (χ3n) is 8.02. The summed E-state index contributed by atoms with van der Waals surface area (Å²) in [5.41, 5.74) is 3.45. The van der Waals surface area contributed by atoms with Crippen molar-refractivity contribution in [2.45, 2.75) is 39.2 Å². The Morgan fingerprint density at radius 1 is 1.07 bits per heavy atom. The lowest BCUT2D eigenvalue weighted by Crippen LogP contribution is -2.39. The molecule has 0 aliphatic carbocycles.